The number of para-hydroxylation sites is 2. The molecule has 0 radical (unpaired) electrons. The molecule has 2 aromatic rings. The minimum atomic E-state index is 0.848. The summed E-state index contributed by atoms with van der Waals surface area (Å²) in [5.41, 5.74) is 4.79. The Morgan fingerprint density at radius 1 is 1.15 bits per heavy atom. The van der Waals surface area contributed by atoms with Crippen LogP contribution in [-0.2, 0) is 6.54 Å². The topological polar surface area (TPSA) is 31.4 Å². The molecule has 0 spiro atoms. The van der Waals surface area contributed by atoms with Gasteiger partial charge in [-0.1, -0.05) is 12.1 Å². The molecule has 0 saturated heterocycles. The lowest BCUT2D eigenvalue weighted by Gasteiger charge is -2.36. The predicted molar refractivity (Wildman–Crippen MR) is 84.5 cm³/mol. The molecule has 104 valence electrons. The molecule has 1 aromatic carbocycles. The molecule has 0 bridgehead atoms. The number of fused-ring (bicyclic) bond motifs is 1. The smallest absolute Gasteiger partial charge is 0.0617 e. The fraction of sp³-hybridized carbons (Fsp3) is 0.312. The molecule has 0 aliphatic carbocycles. The van der Waals surface area contributed by atoms with Crippen LogP contribution >= 0.6 is 0 Å². The summed E-state index contributed by atoms with van der Waals surface area (Å²) in [6.45, 7) is 2.92. The second-order valence-electron chi connectivity index (χ2n) is 5.12. The average molecular weight is 268 g/mol. The van der Waals surface area contributed by atoms with E-state index >= 15 is 0 Å². The van der Waals surface area contributed by atoms with Crippen molar-refractivity contribution in [2.45, 2.75) is 6.54 Å². The summed E-state index contributed by atoms with van der Waals surface area (Å²) >= 11 is 0. The van der Waals surface area contributed by atoms with Gasteiger partial charge in [0, 0.05) is 39.1 Å². The van der Waals surface area contributed by atoms with Crippen LogP contribution in [0, 0.1) is 0 Å². The minimum absolute atomic E-state index is 0.848. The van der Waals surface area contributed by atoms with Crippen LogP contribution in [-0.4, -0.2) is 32.2 Å². The van der Waals surface area contributed by atoms with Crippen molar-refractivity contribution < 1.29 is 0 Å². The Morgan fingerprint density at radius 3 is 2.75 bits per heavy atom. The van der Waals surface area contributed by atoms with E-state index in [1.54, 1.807) is 0 Å². The fourth-order valence-electron chi connectivity index (χ4n) is 2.65. The van der Waals surface area contributed by atoms with Crippen molar-refractivity contribution in [1.82, 2.24) is 4.98 Å². The Bertz CT molecular complexity index is 597. The highest BCUT2D eigenvalue weighted by Gasteiger charge is 2.19. The number of benzene rings is 1. The van der Waals surface area contributed by atoms with E-state index in [1.807, 2.05) is 19.3 Å². The van der Waals surface area contributed by atoms with Gasteiger partial charge in [0.1, 0.15) is 0 Å². The van der Waals surface area contributed by atoms with Crippen LogP contribution in [0.2, 0.25) is 0 Å². The van der Waals surface area contributed by atoms with Gasteiger partial charge in [0.25, 0.3) is 0 Å². The Kier molecular flexibility index (Phi) is 3.46. The molecule has 0 amide bonds. The van der Waals surface area contributed by atoms with Gasteiger partial charge in [-0.05, 0) is 24.3 Å². The maximum atomic E-state index is 4.48. The third-order valence-electron chi connectivity index (χ3n) is 3.80. The second kappa shape index (κ2) is 5.41. The van der Waals surface area contributed by atoms with E-state index in [1.165, 1.54) is 11.4 Å². The van der Waals surface area contributed by atoms with E-state index in [-0.39, 0.29) is 0 Å². The monoisotopic (exact) mass is 268 g/mol. The number of anilines is 3. The van der Waals surface area contributed by atoms with E-state index < -0.39 is 0 Å². The highest BCUT2D eigenvalue weighted by atomic mass is 15.3. The number of aromatic nitrogens is 1. The third-order valence-corrected chi connectivity index (χ3v) is 3.80. The second-order valence-corrected chi connectivity index (χ2v) is 5.12. The van der Waals surface area contributed by atoms with Crippen molar-refractivity contribution in [2.75, 3.05) is 42.3 Å². The zero-order chi connectivity index (χ0) is 13.9. The van der Waals surface area contributed by atoms with Gasteiger partial charge >= 0.3 is 0 Å². The molecular formula is C16H20N4. The largest absolute Gasteiger partial charge is 0.388 e. The van der Waals surface area contributed by atoms with Crippen LogP contribution < -0.4 is 15.1 Å². The number of pyridine rings is 1. The minimum Gasteiger partial charge on any atom is -0.388 e. The van der Waals surface area contributed by atoms with E-state index in [9.17, 15) is 0 Å². The fourth-order valence-corrected chi connectivity index (χ4v) is 2.65. The summed E-state index contributed by atoms with van der Waals surface area (Å²) in [5, 5.41) is 3.16. The van der Waals surface area contributed by atoms with Crippen molar-refractivity contribution in [3.8, 4) is 0 Å². The molecule has 1 aliphatic rings. The van der Waals surface area contributed by atoms with Crippen LogP contribution in [0.1, 0.15) is 5.69 Å². The Hall–Kier alpha value is -2.23. The van der Waals surface area contributed by atoms with Gasteiger partial charge in [0.2, 0.25) is 0 Å². The summed E-state index contributed by atoms with van der Waals surface area (Å²) in [4.78, 5) is 9.19. The van der Waals surface area contributed by atoms with Crippen molar-refractivity contribution in [2.24, 2.45) is 0 Å². The summed E-state index contributed by atoms with van der Waals surface area (Å²) in [5.74, 6) is 0. The first-order chi connectivity index (χ1) is 9.78. The van der Waals surface area contributed by atoms with Crippen molar-refractivity contribution in [3.05, 3.63) is 48.3 Å². The van der Waals surface area contributed by atoms with E-state index in [0.29, 0.717) is 0 Å². The number of likely N-dealkylation sites (N-methyl/N-ethyl adjacent to an activating group) is 1. The maximum absolute atomic E-state index is 4.48. The highest BCUT2D eigenvalue weighted by molar-refractivity contribution is 5.73. The number of nitrogens with one attached hydrogen (secondary N) is 1. The van der Waals surface area contributed by atoms with Crippen LogP contribution in [0.25, 0.3) is 0 Å². The molecule has 0 fully saturated rings. The SMILES string of the molecule is CNc1ccnc(CN2CCN(C)c3ccccc32)c1. The van der Waals surface area contributed by atoms with Crippen LogP contribution in [0.15, 0.2) is 42.6 Å². The summed E-state index contributed by atoms with van der Waals surface area (Å²) in [6.07, 6.45) is 1.86. The Balaban J connectivity index is 1.86. The van der Waals surface area contributed by atoms with E-state index in [2.05, 4.69) is 57.5 Å². The number of nitrogens with zero attached hydrogens (tertiary/aromatic N) is 3. The lowest BCUT2D eigenvalue weighted by molar-refractivity contribution is 0.725. The predicted octanol–water partition coefficient (Wildman–Crippen LogP) is 2.58. The maximum Gasteiger partial charge on any atom is 0.0617 e. The van der Waals surface area contributed by atoms with Crippen LogP contribution in [0.3, 0.4) is 0 Å². The van der Waals surface area contributed by atoms with Crippen LogP contribution in [0.5, 0.6) is 0 Å². The van der Waals surface area contributed by atoms with Gasteiger partial charge in [-0.15, -0.1) is 0 Å². The highest BCUT2D eigenvalue weighted by Crippen LogP contribution is 2.32. The lowest BCUT2D eigenvalue weighted by atomic mass is 10.1. The molecule has 0 unspecified atom stereocenters. The molecule has 1 N–H and O–H groups in total. The van der Waals surface area contributed by atoms with Gasteiger partial charge in [0.05, 0.1) is 23.6 Å². The molecule has 1 aliphatic heterocycles. The van der Waals surface area contributed by atoms with Gasteiger partial charge in [0.15, 0.2) is 0 Å². The Labute approximate surface area is 120 Å². The van der Waals surface area contributed by atoms with Crippen LogP contribution in [0.4, 0.5) is 17.1 Å². The van der Waals surface area contributed by atoms with Gasteiger partial charge in [-0.2, -0.15) is 0 Å². The summed E-state index contributed by atoms with van der Waals surface area (Å²) < 4.78 is 0. The first kappa shape index (κ1) is 12.8. The van der Waals surface area contributed by atoms with Crippen molar-refractivity contribution >= 4 is 17.1 Å². The van der Waals surface area contributed by atoms with Gasteiger partial charge in [-0.3, -0.25) is 4.98 Å². The molecule has 0 atom stereocenters. The zero-order valence-electron chi connectivity index (χ0n) is 12.0. The van der Waals surface area contributed by atoms with Crippen molar-refractivity contribution in [3.63, 3.8) is 0 Å². The quantitative estimate of drug-likeness (QED) is 0.927. The Morgan fingerprint density at radius 2 is 1.95 bits per heavy atom. The summed E-state index contributed by atoms with van der Waals surface area (Å²) in [7, 11) is 4.08. The lowest BCUT2D eigenvalue weighted by Crippen LogP contribution is -2.38. The van der Waals surface area contributed by atoms with E-state index in [4.69, 9.17) is 0 Å². The molecular weight excluding hydrogens is 248 g/mol. The molecule has 20 heavy (non-hydrogen) atoms. The van der Waals surface area contributed by atoms with E-state index in [0.717, 1.165) is 31.0 Å². The molecule has 4 heteroatoms. The normalized spacial score (nSPS) is 14.1. The standard InChI is InChI=1S/C16H20N4/c1-17-13-7-8-18-14(11-13)12-20-10-9-19(2)15-5-3-4-6-16(15)20/h3-8,11H,9-10,12H2,1-2H3,(H,17,18). The van der Waals surface area contributed by atoms with Crippen molar-refractivity contribution in [1.29, 1.82) is 0 Å². The van der Waals surface area contributed by atoms with Gasteiger partial charge < -0.3 is 15.1 Å². The molecule has 1 aromatic heterocycles. The van der Waals surface area contributed by atoms with Gasteiger partial charge in [-0.25, -0.2) is 0 Å². The number of rotatable bonds is 3. The number of hydrogen-bond acceptors (Lipinski definition) is 4. The molecule has 4 nitrogen and oxygen atoms in total. The number of hydrogen-bond donors (Lipinski definition) is 1. The third kappa shape index (κ3) is 2.41. The average Bonchev–Trinajstić information content (AvgIpc) is 2.51. The molecule has 2 heterocycles. The molecule has 3 rings (SSSR count). The molecule has 0 saturated carbocycles. The summed E-state index contributed by atoms with van der Waals surface area (Å²) in [6, 6.07) is 12.7. The zero-order valence-corrected chi connectivity index (χ0v) is 12.0. The first-order valence-corrected chi connectivity index (χ1v) is 6.96. The first-order valence-electron chi connectivity index (χ1n) is 6.96.